The van der Waals surface area contributed by atoms with Crippen LogP contribution in [0.5, 0.6) is 11.5 Å². The van der Waals surface area contributed by atoms with Gasteiger partial charge in [-0.1, -0.05) is 35.4 Å². The largest absolute Gasteiger partial charge is 0.493 e. The van der Waals surface area contributed by atoms with E-state index >= 15 is 0 Å². The number of rotatable bonds is 5. The molecule has 2 aromatic rings. The molecule has 2 aromatic carbocycles. The van der Waals surface area contributed by atoms with Crippen molar-refractivity contribution < 1.29 is 9.47 Å². The lowest BCUT2D eigenvalue weighted by molar-refractivity contribution is 0.284. The highest BCUT2D eigenvalue weighted by Crippen LogP contribution is 2.30. The summed E-state index contributed by atoms with van der Waals surface area (Å²) in [6, 6.07) is 12.2. The summed E-state index contributed by atoms with van der Waals surface area (Å²) < 4.78 is 11.3. The Hall–Kier alpha value is -2.00. The van der Waals surface area contributed by atoms with Crippen LogP contribution in [0.25, 0.3) is 0 Å². The molecule has 0 saturated carbocycles. The van der Waals surface area contributed by atoms with Crippen LogP contribution >= 0.6 is 0 Å². The smallest absolute Gasteiger partial charge is 0.161 e. The third-order valence-electron chi connectivity index (χ3n) is 3.39. The van der Waals surface area contributed by atoms with Gasteiger partial charge in [0.1, 0.15) is 6.61 Å². The Balaban J connectivity index is 2.15. The second kappa shape index (κ2) is 6.64. The van der Waals surface area contributed by atoms with Crippen LogP contribution in [0.2, 0.25) is 0 Å². The zero-order valence-electron chi connectivity index (χ0n) is 13.1. The average Bonchev–Trinajstić information content (AvgIpc) is 2.43. The van der Waals surface area contributed by atoms with E-state index in [9.17, 15) is 0 Å². The lowest BCUT2D eigenvalue weighted by Gasteiger charge is -2.14. The molecule has 1 atom stereocenters. The van der Waals surface area contributed by atoms with Gasteiger partial charge in [-0.15, -0.1) is 0 Å². The molecule has 0 spiro atoms. The standard InChI is InChI=1S/C18H23NO2/c1-12-7-13(2)9-15(8-12)11-21-17-6-5-16(14(3)19)10-18(17)20-4/h5-10,14H,11,19H2,1-4H3/t14-/m0/s1. The summed E-state index contributed by atoms with van der Waals surface area (Å²) in [5.41, 5.74) is 10.6. The fraction of sp³-hybridized carbons (Fsp3) is 0.333. The maximum absolute atomic E-state index is 5.89. The second-order valence-electron chi connectivity index (χ2n) is 5.48. The SMILES string of the molecule is COc1cc([C@H](C)N)ccc1OCc1cc(C)cc(C)c1. The van der Waals surface area contributed by atoms with Gasteiger partial charge in [-0.2, -0.15) is 0 Å². The Morgan fingerprint density at radius 2 is 1.67 bits per heavy atom. The molecule has 3 heteroatoms. The van der Waals surface area contributed by atoms with Gasteiger partial charge in [-0.05, 0) is 44.0 Å². The third-order valence-corrected chi connectivity index (χ3v) is 3.39. The highest BCUT2D eigenvalue weighted by molar-refractivity contribution is 5.44. The first-order valence-electron chi connectivity index (χ1n) is 7.13. The molecule has 3 nitrogen and oxygen atoms in total. The molecular weight excluding hydrogens is 262 g/mol. The van der Waals surface area contributed by atoms with E-state index in [1.54, 1.807) is 7.11 Å². The van der Waals surface area contributed by atoms with E-state index in [2.05, 4.69) is 32.0 Å². The van der Waals surface area contributed by atoms with Crippen molar-refractivity contribution in [3.8, 4) is 11.5 Å². The minimum atomic E-state index is -0.0210. The zero-order chi connectivity index (χ0) is 15.4. The van der Waals surface area contributed by atoms with Crippen molar-refractivity contribution >= 4 is 0 Å². The second-order valence-corrected chi connectivity index (χ2v) is 5.48. The van der Waals surface area contributed by atoms with E-state index in [-0.39, 0.29) is 6.04 Å². The number of methoxy groups -OCH3 is 1. The molecule has 21 heavy (non-hydrogen) atoms. The number of nitrogens with two attached hydrogens (primary N) is 1. The van der Waals surface area contributed by atoms with Crippen molar-refractivity contribution in [2.75, 3.05) is 7.11 Å². The van der Waals surface area contributed by atoms with Crippen LogP contribution in [0, 0.1) is 13.8 Å². The number of hydrogen-bond acceptors (Lipinski definition) is 3. The Morgan fingerprint density at radius 3 is 2.24 bits per heavy atom. The predicted octanol–water partition coefficient (Wildman–Crippen LogP) is 3.91. The highest BCUT2D eigenvalue weighted by atomic mass is 16.5. The minimum Gasteiger partial charge on any atom is -0.493 e. The van der Waals surface area contributed by atoms with E-state index in [1.165, 1.54) is 11.1 Å². The fourth-order valence-electron chi connectivity index (χ4n) is 2.40. The van der Waals surface area contributed by atoms with Gasteiger partial charge < -0.3 is 15.2 Å². The summed E-state index contributed by atoms with van der Waals surface area (Å²) in [7, 11) is 1.64. The maximum atomic E-state index is 5.89. The predicted molar refractivity (Wildman–Crippen MR) is 85.8 cm³/mol. The molecule has 0 aliphatic heterocycles. The molecular formula is C18H23NO2. The quantitative estimate of drug-likeness (QED) is 0.905. The molecule has 0 unspecified atom stereocenters. The summed E-state index contributed by atoms with van der Waals surface area (Å²) in [4.78, 5) is 0. The lowest BCUT2D eigenvalue weighted by atomic mass is 10.1. The van der Waals surface area contributed by atoms with Crippen molar-refractivity contribution in [3.05, 3.63) is 58.7 Å². The minimum absolute atomic E-state index is 0.0210. The Kier molecular flexibility index (Phi) is 4.86. The van der Waals surface area contributed by atoms with Crippen LogP contribution in [0.3, 0.4) is 0 Å². The first-order valence-corrected chi connectivity index (χ1v) is 7.13. The first kappa shape index (κ1) is 15.4. The number of benzene rings is 2. The summed E-state index contributed by atoms with van der Waals surface area (Å²) in [5.74, 6) is 1.45. The van der Waals surface area contributed by atoms with Gasteiger partial charge in [0, 0.05) is 6.04 Å². The molecule has 0 aromatic heterocycles. The van der Waals surface area contributed by atoms with E-state index in [0.717, 1.165) is 16.9 Å². The molecule has 0 aliphatic rings. The van der Waals surface area contributed by atoms with Crippen LogP contribution in [-0.4, -0.2) is 7.11 Å². The van der Waals surface area contributed by atoms with Gasteiger partial charge in [0.25, 0.3) is 0 Å². The van der Waals surface area contributed by atoms with Gasteiger partial charge in [-0.3, -0.25) is 0 Å². The van der Waals surface area contributed by atoms with Crippen LogP contribution in [-0.2, 0) is 6.61 Å². The molecule has 0 bridgehead atoms. The molecule has 112 valence electrons. The zero-order valence-corrected chi connectivity index (χ0v) is 13.1. The molecule has 0 radical (unpaired) electrons. The van der Waals surface area contributed by atoms with Crippen LogP contribution < -0.4 is 15.2 Å². The molecule has 2 N–H and O–H groups in total. The van der Waals surface area contributed by atoms with Gasteiger partial charge >= 0.3 is 0 Å². The monoisotopic (exact) mass is 285 g/mol. The Labute approximate surface area is 126 Å². The van der Waals surface area contributed by atoms with E-state index in [4.69, 9.17) is 15.2 Å². The summed E-state index contributed by atoms with van der Waals surface area (Å²) in [5, 5.41) is 0. The van der Waals surface area contributed by atoms with Crippen LogP contribution in [0.4, 0.5) is 0 Å². The third kappa shape index (κ3) is 3.99. The lowest BCUT2D eigenvalue weighted by Crippen LogP contribution is -2.06. The van der Waals surface area contributed by atoms with Gasteiger partial charge in [0.05, 0.1) is 7.11 Å². The van der Waals surface area contributed by atoms with E-state index < -0.39 is 0 Å². The van der Waals surface area contributed by atoms with Crippen LogP contribution in [0.1, 0.15) is 35.2 Å². The Bertz CT molecular complexity index is 600. The maximum Gasteiger partial charge on any atom is 0.161 e. The van der Waals surface area contributed by atoms with Crippen molar-refractivity contribution in [3.63, 3.8) is 0 Å². The highest BCUT2D eigenvalue weighted by Gasteiger charge is 2.08. The average molecular weight is 285 g/mol. The van der Waals surface area contributed by atoms with Crippen molar-refractivity contribution in [2.45, 2.75) is 33.4 Å². The van der Waals surface area contributed by atoms with Crippen molar-refractivity contribution in [1.82, 2.24) is 0 Å². The first-order chi connectivity index (χ1) is 9.99. The van der Waals surface area contributed by atoms with Gasteiger partial charge in [0.15, 0.2) is 11.5 Å². The van der Waals surface area contributed by atoms with Crippen molar-refractivity contribution in [2.24, 2.45) is 5.73 Å². The van der Waals surface area contributed by atoms with Gasteiger partial charge in [-0.25, -0.2) is 0 Å². The number of ether oxygens (including phenoxy) is 2. The summed E-state index contributed by atoms with van der Waals surface area (Å²) in [6.45, 7) is 6.66. The fourth-order valence-corrected chi connectivity index (χ4v) is 2.40. The topological polar surface area (TPSA) is 44.5 Å². The van der Waals surface area contributed by atoms with E-state index in [1.807, 2.05) is 25.1 Å². The summed E-state index contributed by atoms with van der Waals surface area (Å²) >= 11 is 0. The molecule has 0 saturated heterocycles. The molecule has 0 heterocycles. The number of aryl methyl sites for hydroxylation is 2. The number of hydrogen-bond donors (Lipinski definition) is 1. The Morgan fingerprint density at radius 1 is 1.00 bits per heavy atom. The normalized spacial score (nSPS) is 12.0. The van der Waals surface area contributed by atoms with Gasteiger partial charge in [0.2, 0.25) is 0 Å². The van der Waals surface area contributed by atoms with Crippen LogP contribution in [0.15, 0.2) is 36.4 Å². The molecule has 0 amide bonds. The molecule has 0 aliphatic carbocycles. The van der Waals surface area contributed by atoms with Crippen molar-refractivity contribution in [1.29, 1.82) is 0 Å². The van der Waals surface area contributed by atoms with E-state index in [0.29, 0.717) is 12.4 Å². The molecule has 0 fully saturated rings. The summed E-state index contributed by atoms with van der Waals surface area (Å²) in [6.07, 6.45) is 0. The molecule has 2 rings (SSSR count).